The smallest absolute Gasteiger partial charge is 0.238 e. The Balaban J connectivity index is 1.57. The van der Waals surface area contributed by atoms with Gasteiger partial charge in [0.15, 0.2) is 0 Å². The number of hydrogen-bond acceptors (Lipinski definition) is 6. The number of aliphatic imine (C=N–C) groups is 1. The SMILES string of the molecule is CC1=NC(C)c2cc3cnc(Nc4ccc(S(N)(=O)=O)cc4)nc3n2C12CCCCC2. The minimum atomic E-state index is -3.72. The van der Waals surface area contributed by atoms with Gasteiger partial charge in [0.25, 0.3) is 0 Å². The minimum Gasteiger partial charge on any atom is -0.324 e. The van der Waals surface area contributed by atoms with Gasteiger partial charge < -0.3 is 9.88 Å². The molecule has 0 amide bonds. The lowest BCUT2D eigenvalue weighted by Gasteiger charge is -2.43. The van der Waals surface area contributed by atoms with Crippen molar-refractivity contribution < 1.29 is 8.42 Å². The molecule has 5 rings (SSSR count). The first-order valence-electron chi connectivity index (χ1n) is 10.6. The van der Waals surface area contributed by atoms with E-state index in [2.05, 4.69) is 34.8 Å². The second-order valence-electron chi connectivity index (χ2n) is 8.55. The highest BCUT2D eigenvalue weighted by Crippen LogP contribution is 2.45. The van der Waals surface area contributed by atoms with Crippen LogP contribution >= 0.6 is 0 Å². The minimum absolute atomic E-state index is 0.0677. The van der Waals surface area contributed by atoms with Gasteiger partial charge in [-0.3, -0.25) is 4.99 Å². The first-order chi connectivity index (χ1) is 14.8. The average Bonchev–Trinajstić information content (AvgIpc) is 3.13. The average molecular weight is 439 g/mol. The van der Waals surface area contributed by atoms with Gasteiger partial charge in [-0.1, -0.05) is 19.3 Å². The number of nitrogens with two attached hydrogens (primary N) is 1. The third-order valence-electron chi connectivity index (χ3n) is 6.61. The Bertz CT molecular complexity index is 1290. The lowest BCUT2D eigenvalue weighted by Crippen LogP contribution is -2.46. The Morgan fingerprint density at radius 1 is 1.16 bits per heavy atom. The number of nitrogens with zero attached hydrogens (tertiary/aromatic N) is 4. The zero-order valence-electron chi connectivity index (χ0n) is 17.7. The van der Waals surface area contributed by atoms with Gasteiger partial charge in [0.1, 0.15) is 5.65 Å². The summed E-state index contributed by atoms with van der Waals surface area (Å²) in [5.74, 6) is 0.468. The maximum Gasteiger partial charge on any atom is 0.238 e. The summed E-state index contributed by atoms with van der Waals surface area (Å²) in [4.78, 5) is 14.4. The Hall–Kier alpha value is -2.78. The van der Waals surface area contributed by atoms with Crippen LogP contribution < -0.4 is 10.5 Å². The van der Waals surface area contributed by atoms with E-state index < -0.39 is 10.0 Å². The third kappa shape index (κ3) is 3.32. The fourth-order valence-electron chi connectivity index (χ4n) is 5.04. The van der Waals surface area contributed by atoms with Crippen molar-refractivity contribution in [1.29, 1.82) is 0 Å². The summed E-state index contributed by atoms with van der Waals surface area (Å²) < 4.78 is 25.4. The number of nitrogens with one attached hydrogen (secondary N) is 1. The summed E-state index contributed by atoms with van der Waals surface area (Å²) in [5, 5.41) is 9.37. The van der Waals surface area contributed by atoms with Crippen molar-refractivity contribution in [2.45, 2.75) is 62.4 Å². The predicted octanol–water partition coefficient (Wildman–Crippen LogP) is 4.02. The van der Waals surface area contributed by atoms with Gasteiger partial charge in [-0.15, -0.1) is 0 Å². The number of hydrogen-bond donors (Lipinski definition) is 2. The zero-order valence-corrected chi connectivity index (χ0v) is 18.5. The highest BCUT2D eigenvalue weighted by molar-refractivity contribution is 7.89. The molecule has 0 saturated heterocycles. The van der Waals surface area contributed by atoms with Gasteiger partial charge in [0.05, 0.1) is 16.5 Å². The van der Waals surface area contributed by atoms with Crippen molar-refractivity contribution in [3.05, 3.63) is 42.2 Å². The molecule has 1 aliphatic carbocycles. The maximum atomic E-state index is 11.5. The second kappa shape index (κ2) is 7.13. The van der Waals surface area contributed by atoms with Crippen LogP contribution in [0.15, 0.2) is 46.4 Å². The lowest BCUT2D eigenvalue weighted by atomic mass is 9.77. The van der Waals surface area contributed by atoms with Crippen molar-refractivity contribution in [3.63, 3.8) is 0 Å². The maximum absolute atomic E-state index is 11.5. The van der Waals surface area contributed by atoms with Crippen LogP contribution in [-0.4, -0.2) is 28.7 Å². The molecule has 1 aliphatic heterocycles. The van der Waals surface area contributed by atoms with Crippen molar-refractivity contribution >= 4 is 38.4 Å². The molecule has 8 nitrogen and oxygen atoms in total. The summed E-state index contributed by atoms with van der Waals surface area (Å²) in [6.07, 6.45) is 7.63. The molecule has 1 saturated carbocycles. The van der Waals surface area contributed by atoms with Crippen LogP contribution in [0.1, 0.15) is 57.7 Å². The van der Waals surface area contributed by atoms with Gasteiger partial charge in [0.2, 0.25) is 16.0 Å². The zero-order chi connectivity index (χ0) is 21.8. The topological polar surface area (TPSA) is 115 Å². The van der Waals surface area contributed by atoms with E-state index in [9.17, 15) is 8.42 Å². The number of anilines is 2. The summed E-state index contributed by atoms with van der Waals surface area (Å²) >= 11 is 0. The van der Waals surface area contributed by atoms with Crippen LogP contribution in [0.2, 0.25) is 0 Å². The van der Waals surface area contributed by atoms with Crippen molar-refractivity contribution in [2.24, 2.45) is 10.1 Å². The molecule has 1 atom stereocenters. The van der Waals surface area contributed by atoms with Crippen LogP contribution in [0, 0.1) is 0 Å². The van der Waals surface area contributed by atoms with E-state index in [1.54, 1.807) is 12.1 Å². The first kappa shape index (κ1) is 20.1. The highest BCUT2D eigenvalue weighted by atomic mass is 32.2. The monoisotopic (exact) mass is 438 g/mol. The molecule has 1 aromatic carbocycles. The molecule has 162 valence electrons. The molecule has 3 N–H and O–H groups in total. The number of benzene rings is 1. The Morgan fingerprint density at radius 3 is 2.55 bits per heavy atom. The molecule has 3 heterocycles. The second-order valence-corrected chi connectivity index (χ2v) is 10.1. The van der Waals surface area contributed by atoms with E-state index in [1.807, 2.05) is 6.20 Å². The molecule has 0 radical (unpaired) electrons. The molecule has 2 aliphatic rings. The van der Waals surface area contributed by atoms with Crippen LogP contribution in [0.25, 0.3) is 11.0 Å². The quantitative estimate of drug-likeness (QED) is 0.641. The van der Waals surface area contributed by atoms with Crippen molar-refractivity contribution in [3.8, 4) is 0 Å². The van der Waals surface area contributed by atoms with E-state index in [-0.39, 0.29) is 16.5 Å². The number of sulfonamides is 1. The molecule has 0 bridgehead atoms. The fraction of sp³-hybridized carbons (Fsp3) is 0.409. The number of primary sulfonamides is 1. The predicted molar refractivity (Wildman–Crippen MR) is 121 cm³/mol. The number of aromatic nitrogens is 3. The van der Waals surface area contributed by atoms with E-state index >= 15 is 0 Å². The highest BCUT2D eigenvalue weighted by Gasteiger charge is 2.42. The van der Waals surface area contributed by atoms with Crippen LogP contribution in [0.5, 0.6) is 0 Å². The number of fused-ring (bicyclic) bond motifs is 4. The van der Waals surface area contributed by atoms with Gasteiger partial charge >= 0.3 is 0 Å². The molecule has 3 aromatic rings. The van der Waals surface area contributed by atoms with E-state index in [4.69, 9.17) is 15.1 Å². The van der Waals surface area contributed by atoms with E-state index in [0.29, 0.717) is 11.6 Å². The van der Waals surface area contributed by atoms with Crippen LogP contribution in [-0.2, 0) is 15.6 Å². The molecule has 1 unspecified atom stereocenters. The molecule has 9 heteroatoms. The summed E-state index contributed by atoms with van der Waals surface area (Å²) in [6.45, 7) is 4.29. The summed E-state index contributed by atoms with van der Waals surface area (Å²) in [7, 11) is -3.72. The third-order valence-corrected chi connectivity index (χ3v) is 7.54. The van der Waals surface area contributed by atoms with E-state index in [0.717, 1.165) is 23.9 Å². The standard InChI is InChI=1S/C22H26N6O2S/c1-14-19-12-16-13-24-21(26-17-6-8-18(9-7-17)31(23,29)30)27-20(16)28(19)22(15(2)25-14)10-4-3-5-11-22/h6-9,12-14H,3-5,10-11H2,1-2H3,(H2,23,29,30)(H,24,26,27). The van der Waals surface area contributed by atoms with Gasteiger partial charge in [-0.05, 0) is 57.0 Å². The fourth-order valence-corrected chi connectivity index (χ4v) is 5.56. The summed E-state index contributed by atoms with van der Waals surface area (Å²) in [5.41, 5.74) is 3.88. The van der Waals surface area contributed by atoms with Gasteiger partial charge in [-0.25, -0.2) is 18.5 Å². The molecule has 1 spiro atoms. The normalized spacial score (nSPS) is 20.5. The van der Waals surface area contributed by atoms with Crippen LogP contribution in [0.3, 0.4) is 0 Å². The van der Waals surface area contributed by atoms with Gasteiger partial charge in [0, 0.05) is 28.7 Å². The Morgan fingerprint density at radius 2 is 1.87 bits per heavy atom. The number of rotatable bonds is 3. The van der Waals surface area contributed by atoms with Crippen molar-refractivity contribution in [2.75, 3.05) is 5.32 Å². The lowest BCUT2D eigenvalue weighted by molar-refractivity contribution is 0.269. The molecule has 1 fully saturated rings. The van der Waals surface area contributed by atoms with Gasteiger partial charge in [-0.2, -0.15) is 4.98 Å². The first-order valence-corrected chi connectivity index (χ1v) is 12.2. The molecular formula is C22H26N6O2S. The largest absolute Gasteiger partial charge is 0.324 e. The molecular weight excluding hydrogens is 412 g/mol. The molecule has 2 aromatic heterocycles. The molecule has 31 heavy (non-hydrogen) atoms. The van der Waals surface area contributed by atoms with Crippen molar-refractivity contribution in [1.82, 2.24) is 14.5 Å². The Kier molecular flexibility index (Phi) is 4.63. The Labute approximate surface area is 181 Å². The van der Waals surface area contributed by atoms with Crippen LogP contribution in [0.4, 0.5) is 11.6 Å². The van der Waals surface area contributed by atoms with E-state index in [1.165, 1.54) is 42.8 Å². The summed E-state index contributed by atoms with van der Waals surface area (Å²) in [6, 6.07) is 8.49.